The largest absolute Gasteiger partial charge is 0.465 e. The smallest absolute Gasteiger partial charge is 0.302 e. The fraction of sp³-hybridized carbons (Fsp3) is 0.400. The highest BCUT2D eigenvalue weighted by molar-refractivity contribution is 5.89. The highest BCUT2D eigenvalue weighted by Gasteiger charge is 2.24. The van der Waals surface area contributed by atoms with E-state index in [1.165, 1.54) is 13.8 Å². The first-order valence-corrected chi connectivity index (χ1v) is 7.53. The number of amides is 1. The number of carbonyl (C=O) groups excluding carboxylic acids is 2. The highest BCUT2D eigenvalue weighted by atomic mass is 16.5. The summed E-state index contributed by atoms with van der Waals surface area (Å²) in [5.41, 5.74) is 6.94. The van der Waals surface area contributed by atoms with E-state index in [-0.39, 0.29) is 35.6 Å². The summed E-state index contributed by atoms with van der Waals surface area (Å²) in [6, 6.07) is 0.0232. The summed E-state index contributed by atoms with van der Waals surface area (Å²) in [7, 11) is 0. The molecule has 0 saturated heterocycles. The number of imidazole rings is 1. The zero-order chi connectivity index (χ0) is 17.3. The molecule has 2 aromatic rings. The van der Waals surface area contributed by atoms with Crippen LogP contribution >= 0.6 is 0 Å². The molecule has 0 saturated carbocycles. The van der Waals surface area contributed by atoms with Crippen molar-refractivity contribution >= 4 is 34.8 Å². The van der Waals surface area contributed by atoms with Crippen molar-refractivity contribution in [3.8, 4) is 0 Å². The second kappa shape index (κ2) is 6.26. The maximum atomic E-state index is 11.2. The highest BCUT2D eigenvalue weighted by Crippen LogP contribution is 2.31. The van der Waals surface area contributed by atoms with Gasteiger partial charge in [0.1, 0.15) is 5.52 Å². The summed E-state index contributed by atoms with van der Waals surface area (Å²) in [6.07, 6.45) is 6.44. The number of esters is 1. The molecular formula is C15H18N6O3. The number of rotatable bonds is 4. The van der Waals surface area contributed by atoms with Gasteiger partial charge in [-0.2, -0.15) is 9.97 Å². The van der Waals surface area contributed by atoms with Crippen LogP contribution in [0.2, 0.25) is 0 Å². The molecule has 24 heavy (non-hydrogen) atoms. The van der Waals surface area contributed by atoms with Crippen molar-refractivity contribution in [3.05, 3.63) is 18.5 Å². The second-order valence-electron chi connectivity index (χ2n) is 5.69. The Balaban J connectivity index is 1.85. The van der Waals surface area contributed by atoms with E-state index in [1.54, 1.807) is 6.33 Å². The number of carbonyl (C=O) groups is 2. The van der Waals surface area contributed by atoms with Crippen LogP contribution in [0.5, 0.6) is 0 Å². The van der Waals surface area contributed by atoms with Crippen molar-refractivity contribution < 1.29 is 14.3 Å². The lowest BCUT2D eigenvalue weighted by Gasteiger charge is -2.14. The van der Waals surface area contributed by atoms with Crippen molar-refractivity contribution in [2.24, 2.45) is 5.92 Å². The predicted octanol–water partition coefficient (Wildman–Crippen LogP) is 1.05. The third kappa shape index (κ3) is 3.19. The number of nitrogen functional groups attached to an aromatic ring is 1. The van der Waals surface area contributed by atoms with Crippen molar-refractivity contribution in [2.75, 3.05) is 17.7 Å². The molecular weight excluding hydrogens is 312 g/mol. The van der Waals surface area contributed by atoms with Crippen LogP contribution in [0.15, 0.2) is 18.5 Å². The van der Waals surface area contributed by atoms with Crippen LogP contribution in [-0.4, -0.2) is 38.0 Å². The zero-order valence-corrected chi connectivity index (χ0v) is 13.4. The molecule has 1 aliphatic carbocycles. The van der Waals surface area contributed by atoms with E-state index in [9.17, 15) is 9.59 Å². The Morgan fingerprint density at radius 1 is 1.38 bits per heavy atom. The van der Waals surface area contributed by atoms with Gasteiger partial charge in [-0.25, -0.2) is 4.98 Å². The quantitative estimate of drug-likeness (QED) is 0.634. The van der Waals surface area contributed by atoms with E-state index in [2.05, 4.69) is 20.3 Å². The lowest BCUT2D eigenvalue weighted by atomic mass is 10.1. The summed E-state index contributed by atoms with van der Waals surface area (Å²) in [6.45, 7) is 3.12. The first-order valence-electron chi connectivity index (χ1n) is 7.53. The average Bonchev–Trinajstić information content (AvgIpc) is 3.10. The fourth-order valence-corrected chi connectivity index (χ4v) is 2.70. The molecule has 2 atom stereocenters. The maximum absolute atomic E-state index is 11.2. The van der Waals surface area contributed by atoms with Gasteiger partial charge in [0.2, 0.25) is 11.9 Å². The number of nitrogens with one attached hydrogen (secondary N) is 1. The number of hydrogen-bond acceptors (Lipinski definition) is 7. The number of nitrogens with zero attached hydrogens (tertiary/aromatic N) is 4. The topological polar surface area (TPSA) is 125 Å². The van der Waals surface area contributed by atoms with E-state index in [1.807, 2.05) is 16.7 Å². The molecule has 3 N–H and O–H groups in total. The summed E-state index contributed by atoms with van der Waals surface area (Å²) in [5.74, 6) is -0.0682. The van der Waals surface area contributed by atoms with Gasteiger partial charge in [-0.1, -0.05) is 12.2 Å². The van der Waals surface area contributed by atoms with Gasteiger partial charge in [0, 0.05) is 19.8 Å². The average molecular weight is 330 g/mol. The molecule has 1 amide bonds. The van der Waals surface area contributed by atoms with E-state index in [4.69, 9.17) is 10.5 Å². The zero-order valence-electron chi connectivity index (χ0n) is 13.4. The summed E-state index contributed by atoms with van der Waals surface area (Å²) in [5, 5.41) is 2.53. The van der Waals surface area contributed by atoms with Gasteiger partial charge in [0.25, 0.3) is 0 Å². The number of nitrogens with two attached hydrogens (primary N) is 1. The summed E-state index contributed by atoms with van der Waals surface area (Å²) >= 11 is 0. The molecule has 9 nitrogen and oxygen atoms in total. The Morgan fingerprint density at radius 3 is 2.88 bits per heavy atom. The number of fused-ring (bicyclic) bond motifs is 1. The molecule has 0 spiro atoms. The van der Waals surface area contributed by atoms with Crippen LogP contribution in [-0.2, 0) is 14.3 Å². The molecule has 1 unspecified atom stereocenters. The van der Waals surface area contributed by atoms with Crippen LogP contribution < -0.4 is 11.1 Å². The van der Waals surface area contributed by atoms with Gasteiger partial charge in [-0.3, -0.25) is 14.9 Å². The van der Waals surface area contributed by atoms with Crippen molar-refractivity contribution in [1.29, 1.82) is 0 Å². The number of allylic oxidation sites excluding steroid dienone is 1. The molecule has 0 bridgehead atoms. The van der Waals surface area contributed by atoms with E-state index < -0.39 is 0 Å². The lowest BCUT2D eigenvalue weighted by Crippen LogP contribution is -2.13. The van der Waals surface area contributed by atoms with E-state index >= 15 is 0 Å². The van der Waals surface area contributed by atoms with Gasteiger partial charge in [-0.15, -0.1) is 0 Å². The maximum Gasteiger partial charge on any atom is 0.302 e. The standard InChI is InChI=1S/C15H18N6O3/c1-8(22)18-15-19-13(16)12-14(20-15)21(7-17-12)11-4-3-10(5-11)6-24-9(2)23/h3-4,7,10-11H,5-6H2,1-2H3,(H3,16,18,19,20,22)/t10?,11-/m0/s1. The molecule has 0 aromatic carbocycles. The van der Waals surface area contributed by atoms with Gasteiger partial charge in [0.15, 0.2) is 11.5 Å². The van der Waals surface area contributed by atoms with Gasteiger partial charge < -0.3 is 15.0 Å². The molecule has 2 aromatic heterocycles. The van der Waals surface area contributed by atoms with Crippen LogP contribution in [0.3, 0.4) is 0 Å². The van der Waals surface area contributed by atoms with E-state index in [0.717, 1.165) is 6.42 Å². The van der Waals surface area contributed by atoms with Gasteiger partial charge >= 0.3 is 5.97 Å². The van der Waals surface area contributed by atoms with Crippen molar-refractivity contribution in [2.45, 2.75) is 26.3 Å². The summed E-state index contributed by atoms with van der Waals surface area (Å²) < 4.78 is 6.93. The monoisotopic (exact) mass is 330 g/mol. The molecule has 1 aliphatic rings. The van der Waals surface area contributed by atoms with Gasteiger partial charge in [0.05, 0.1) is 19.0 Å². The Bertz CT molecular complexity index is 828. The number of aromatic nitrogens is 4. The Hall–Kier alpha value is -2.97. The normalized spacial score (nSPS) is 19.6. The van der Waals surface area contributed by atoms with E-state index in [0.29, 0.717) is 17.8 Å². The third-order valence-electron chi connectivity index (χ3n) is 3.74. The van der Waals surface area contributed by atoms with Gasteiger partial charge in [-0.05, 0) is 6.42 Å². The third-order valence-corrected chi connectivity index (χ3v) is 3.74. The molecule has 3 rings (SSSR count). The first kappa shape index (κ1) is 15.9. The molecule has 0 aliphatic heterocycles. The fourth-order valence-electron chi connectivity index (χ4n) is 2.70. The van der Waals surface area contributed by atoms with Crippen LogP contribution in [0.25, 0.3) is 11.2 Å². The molecule has 2 heterocycles. The predicted molar refractivity (Wildman–Crippen MR) is 87.0 cm³/mol. The number of anilines is 2. The molecule has 0 fully saturated rings. The molecule has 0 radical (unpaired) electrons. The molecule has 126 valence electrons. The SMILES string of the molecule is CC(=O)Nc1nc(N)c2ncn([C@H]3C=CC(COC(C)=O)C3)c2n1. The Labute approximate surface area is 137 Å². The van der Waals surface area contributed by atoms with Crippen molar-refractivity contribution in [3.63, 3.8) is 0 Å². The molecule has 9 heteroatoms. The number of hydrogen-bond donors (Lipinski definition) is 2. The van der Waals surface area contributed by atoms with Crippen LogP contribution in [0.4, 0.5) is 11.8 Å². The van der Waals surface area contributed by atoms with Crippen LogP contribution in [0.1, 0.15) is 26.3 Å². The first-order chi connectivity index (χ1) is 11.4. The summed E-state index contributed by atoms with van der Waals surface area (Å²) in [4.78, 5) is 34.8. The second-order valence-corrected chi connectivity index (χ2v) is 5.69. The minimum atomic E-state index is -0.291. The van der Waals surface area contributed by atoms with Crippen molar-refractivity contribution in [1.82, 2.24) is 19.5 Å². The minimum Gasteiger partial charge on any atom is -0.465 e. The minimum absolute atomic E-state index is 0.0232. The number of ether oxygens (including phenoxy) is 1. The lowest BCUT2D eigenvalue weighted by molar-refractivity contribution is -0.141. The Morgan fingerprint density at radius 2 is 2.17 bits per heavy atom. The van der Waals surface area contributed by atoms with Crippen LogP contribution in [0, 0.1) is 5.92 Å². The Kier molecular flexibility index (Phi) is 4.15.